The van der Waals surface area contributed by atoms with Gasteiger partial charge in [-0.05, 0) is 49.6 Å². The first kappa shape index (κ1) is 19.6. The van der Waals surface area contributed by atoms with Crippen molar-refractivity contribution in [1.29, 1.82) is 10.7 Å². The predicted octanol–water partition coefficient (Wildman–Crippen LogP) is 5.18. The fourth-order valence-electron chi connectivity index (χ4n) is 3.99. The third kappa shape index (κ3) is 3.50. The van der Waals surface area contributed by atoms with Crippen molar-refractivity contribution in [2.75, 3.05) is 18.0 Å². The van der Waals surface area contributed by atoms with Crippen LogP contribution in [0.4, 0.5) is 10.1 Å². The van der Waals surface area contributed by atoms with Gasteiger partial charge in [0.2, 0.25) is 0 Å². The van der Waals surface area contributed by atoms with Gasteiger partial charge in [0, 0.05) is 35.6 Å². The molecule has 0 radical (unpaired) electrons. The number of anilines is 1. The summed E-state index contributed by atoms with van der Waals surface area (Å²) >= 11 is 0. The van der Waals surface area contributed by atoms with Crippen molar-refractivity contribution in [3.05, 3.63) is 71.6 Å². The third-order valence-electron chi connectivity index (χ3n) is 5.55. The first-order valence-electron chi connectivity index (χ1n) is 9.53. The molecule has 0 saturated heterocycles. The van der Waals surface area contributed by atoms with E-state index < -0.39 is 0 Å². The maximum atomic E-state index is 14.6. The molecule has 3 rings (SSSR count). The first-order valence-corrected chi connectivity index (χ1v) is 9.53. The van der Waals surface area contributed by atoms with Crippen molar-refractivity contribution in [3.63, 3.8) is 0 Å². The number of nitriles is 1. The maximum Gasteiger partial charge on any atom is 0.129 e. The Morgan fingerprint density at radius 1 is 1.32 bits per heavy atom. The van der Waals surface area contributed by atoms with Gasteiger partial charge in [-0.3, -0.25) is 5.41 Å². The first-order chi connectivity index (χ1) is 13.5. The van der Waals surface area contributed by atoms with Crippen LogP contribution in [-0.2, 0) is 0 Å². The smallest absolute Gasteiger partial charge is 0.129 e. The second-order valence-corrected chi connectivity index (χ2v) is 7.13. The van der Waals surface area contributed by atoms with Gasteiger partial charge in [-0.1, -0.05) is 25.6 Å². The minimum Gasteiger partial charge on any atom is -0.372 e. The average Bonchev–Trinajstić information content (AvgIpc) is 3.02. The number of nitrogens with one attached hydrogen (secondary N) is 1. The van der Waals surface area contributed by atoms with Crippen molar-refractivity contribution >= 4 is 17.7 Å². The lowest BCUT2D eigenvalue weighted by Crippen LogP contribution is -2.30. The lowest BCUT2D eigenvalue weighted by molar-refractivity contribution is 0.312. The summed E-state index contributed by atoms with van der Waals surface area (Å²) in [5, 5.41) is 16.8. The van der Waals surface area contributed by atoms with Crippen molar-refractivity contribution in [1.82, 2.24) is 4.90 Å². The summed E-state index contributed by atoms with van der Waals surface area (Å²) in [5.41, 5.74) is 3.83. The number of rotatable bonds is 7. The topological polar surface area (TPSA) is 54.1 Å². The van der Waals surface area contributed by atoms with E-state index in [9.17, 15) is 4.39 Å². The number of hydrogen-bond donors (Lipinski definition) is 1. The van der Waals surface area contributed by atoms with Crippen LogP contribution in [0.2, 0.25) is 0 Å². The lowest BCUT2D eigenvalue weighted by Gasteiger charge is -2.31. The summed E-state index contributed by atoms with van der Waals surface area (Å²) in [6.07, 6.45) is 2.09. The zero-order valence-electron chi connectivity index (χ0n) is 16.3. The highest BCUT2D eigenvalue weighted by molar-refractivity contribution is 5.80. The largest absolute Gasteiger partial charge is 0.372 e. The Kier molecular flexibility index (Phi) is 5.79. The molecular formula is C23H25FN4. The molecule has 5 heteroatoms. The molecule has 1 aliphatic heterocycles. The van der Waals surface area contributed by atoms with Crippen LogP contribution in [0.1, 0.15) is 43.0 Å². The van der Waals surface area contributed by atoms with Gasteiger partial charge < -0.3 is 9.80 Å². The molecule has 2 atom stereocenters. The second-order valence-electron chi connectivity index (χ2n) is 7.13. The Morgan fingerprint density at radius 2 is 2.04 bits per heavy atom. The van der Waals surface area contributed by atoms with Gasteiger partial charge in [-0.2, -0.15) is 5.26 Å². The van der Waals surface area contributed by atoms with Gasteiger partial charge in [-0.15, -0.1) is 0 Å². The molecule has 1 aliphatic rings. The molecule has 4 nitrogen and oxygen atoms in total. The molecule has 0 spiro atoms. The molecule has 1 heterocycles. The van der Waals surface area contributed by atoms with Crippen molar-refractivity contribution in [3.8, 4) is 6.07 Å². The van der Waals surface area contributed by atoms with Gasteiger partial charge in [0.15, 0.2) is 0 Å². The Morgan fingerprint density at radius 3 is 2.64 bits per heavy atom. The molecule has 2 unspecified atom stereocenters. The van der Waals surface area contributed by atoms with Crippen LogP contribution in [0, 0.1) is 28.5 Å². The number of benzene rings is 2. The van der Waals surface area contributed by atoms with Crippen LogP contribution in [-0.4, -0.2) is 24.3 Å². The Bertz CT molecular complexity index is 913. The van der Waals surface area contributed by atoms with E-state index in [0.29, 0.717) is 16.8 Å². The maximum absolute atomic E-state index is 14.6. The Balaban J connectivity index is 1.78. The number of hydrogen-bond acceptors (Lipinski definition) is 3. The quantitative estimate of drug-likeness (QED) is 0.535. The SMILES string of the molecule is C=C1c2cccc(F)c2C(C(C)CCN(CC)c2ccc(C#N)cc2)N1C=N. The Hall–Kier alpha value is -3.13. The minimum atomic E-state index is -0.237. The number of halogens is 1. The molecule has 0 bridgehead atoms. The van der Waals surface area contributed by atoms with Gasteiger partial charge in [-0.25, -0.2) is 4.39 Å². The molecule has 2 aromatic rings. The van der Waals surface area contributed by atoms with Crippen LogP contribution < -0.4 is 4.90 Å². The highest BCUT2D eigenvalue weighted by Crippen LogP contribution is 2.45. The number of fused-ring (bicyclic) bond motifs is 1. The highest BCUT2D eigenvalue weighted by atomic mass is 19.1. The number of nitrogens with zero attached hydrogens (tertiary/aromatic N) is 3. The minimum absolute atomic E-state index is 0.129. The van der Waals surface area contributed by atoms with Crippen molar-refractivity contribution in [2.45, 2.75) is 26.3 Å². The van der Waals surface area contributed by atoms with Crippen molar-refractivity contribution < 1.29 is 4.39 Å². The van der Waals surface area contributed by atoms with Crippen LogP contribution in [0.15, 0.2) is 49.0 Å². The van der Waals surface area contributed by atoms with E-state index in [1.807, 2.05) is 30.3 Å². The summed E-state index contributed by atoms with van der Waals surface area (Å²) in [4.78, 5) is 4.02. The summed E-state index contributed by atoms with van der Waals surface area (Å²) < 4.78 is 14.6. The Labute approximate surface area is 166 Å². The zero-order valence-corrected chi connectivity index (χ0v) is 16.3. The molecular weight excluding hydrogens is 351 g/mol. The summed E-state index contributed by atoms with van der Waals surface area (Å²) in [6.45, 7) is 9.91. The molecule has 2 aromatic carbocycles. The summed E-state index contributed by atoms with van der Waals surface area (Å²) in [6, 6.07) is 14.5. The lowest BCUT2D eigenvalue weighted by atomic mass is 9.91. The van der Waals surface area contributed by atoms with E-state index in [2.05, 4.69) is 31.4 Å². The summed E-state index contributed by atoms with van der Waals surface area (Å²) in [7, 11) is 0. The molecule has 0 amide bonds. The average molecular weight is 376 g/mol. The third-order valence-corrected chi connectivity index (χ3v) is 5.55. The van der Waals surface area contributed by atoms with Crippen molar-refractivity contribution in [2.24, 2.45) is 5.92 Å². The van der Waals surface area contributed by atoms with E-state index in [1.54, 1.807) is 11.0 Å². The van der Waals surface area contributed by atoms with Crippen LogP contribution >= 0.6 is 0 Å². The van der Waals surface area contributed by atoms with Crippen LogP contribution in [0.5, 0.6) is 0 Å². The van der Waals surface area contributed by atoms with E-state index >= 15 is 0 Å². The molecule has 0 fully saturated rings. The van der Waals surface area contributed by atoms with E-state index in [0.717, 1.165) is 30.8 Å². The summed E-state index contributed by atoms with van der Waals surface area (Å²) in [5.74, 6) is -0.108. The molecule has 144 valence electrons. The highest BCUT2D eigenvalue weighted by Gasteiger charge is 2.37. The molecule has 28 heavy (non-hydrogen) atoms. The fraction of sp³-hybridized carbons (Fsp3) is 0.304. The second kappa shape index (κ2) is 8.26. The van der Waals surface area contributed by atoms with Crippen LogP contribution in [0.3, 0.4) is 0 Å². The molecule has 0 aromatic heterocycles. The normalized spacial score (nSPS) is 16.4. The molecule has 0 aliphatic carbocycles. The van der Waals surface area contributed by atoms with E-state index in [4.69, 9.17) is 10.7 Å². The fourth-order valence-corrected chi connectivity index (χ4v) is 3.99. The predicted molar refractivity (Wildman–Crippen MR) is 112 cm³/mol. The van der Waals surface area contributed by atoms with Crippen LogP contribution in [0.25, 0.3) is 5.70 Å². The van der Waals surface area contributed by atoms with Gasteiger partial charge in [0.25, 0.3) is 0 Å². The zero-order chi connectivity index (χ0) is 20.3. The van der Waals surface area contributed by atoms with Gasteiger partial charge in [0.1, 0.15) is 5.82 Å². The standard InChI is InChI=1S/C23H25FN4/c1-4-27(19-10-8-18(14-25)9-11-19)13-12-16(2)23-22-20(6-5-7-21(22)24)17(3)28(23)15-26/h5-11,15-16,23,26H,3-4,12-13H2,1-2H3. The van der Waals surface area contributed by atoms with E-state index in [1.165, 1.54) is 12.4 Å². The van der Waals surface area contributed by atoms with E-state index in [-0.39, 0.29) is 17.8 Å². The van der Waals surface area contributed by atoms with Gasteiger partial charge >= 0.3 is 0 Å². The molecule has 1 N–H and O–H groups in total. The van der Waals surface area contributed by atoms with Gasteiger partial charge in [0.05, 0.1) is 24.0 Å². The molecule has 0 saturated carbocycles. The monoisotopic (exact) mass is 376 g/mol.